The Bertz CT molecular complexity index is 1190. The Balaban J connectivity index is 1.28. The Morgan fingerprint density at radius 1 is 0.968 bits per heavy atom. The van der Waals surface area contributed by atoms with Gasteiger partial charge in [0.1, 0.15) is 5.51 Å². The Kier molecular flexibility index (Phi) is 5.69. The molecular weight excluding hydrogens is 424 g/mol. The summed E-state index contributed by atoms with van der Waals surface area (Å²) in [5, 5.41) is 11.0. The van der Waals surface area contributed by atoms with Gasteiger partial charge in [0.15, 0.2) is 4.34 Å². The molecule has 7 heteroatoms. The van der Waals surface area contributed by atoms with Crippen LogP contribution in [-0.2, 0) is 13.0 Å². The quantitative estimate of drug-likeness (QED) is 0.440. The van der Waals surface area contributed by atoms with E-state index in [0.717, 1.165) is 40.1 Å². The van der Waals surface area contributed by atoms with E-state index in [-0.39, 0.29) is 5.91 Å². The lowest BCUT2D eigenvalue weighted by Gasteiger charge is -2.30. The van der Waals surface area contributed by atoms with Crippen molar-refractivity contribution in [1.82, 2.24) is 10.2 Å². The van der Waals surface area contributed by atoms with Crippen molar-refractivity contribution in [3.8, 4) is 0 Å². The molecule has 0 saturated carbocycles. The van der Waals surface area contributed by atoms with Crippen LogP contribution in [0.1, 0.15) is 21.5 Å². The number of fused-ring (bicyclic) bond motifs is 1. The first-order valence-corrected chi connectivity index (χ1v) is 11.7. The molecule has 0 radical (unpaired) electrons. The largest absolute Gasteiger partial charge is 0.367 e. The number of rotatable bonds is 5. The molecule has 1 aliphatic heterocycles. The molecule has 5 rings (SSSR count). The molecule has 0 atom stereocenters. The van der Waals surface area contributed by atoms with Gasteiger partial charge in [-0.05, 0) is 53.9 Å². The summed E-state index contributed by atoms with van der Waals surface area (Å²) in [6.45, 7) is 1.89. The molecule has 5 nitrogen and oxygen atoms in total. The van der Waals surface area contributed by atoms with Crippen LogP contribution >= 0.6 is 23.1 Å². The molecule has 0 unspecified atom stereocenters. The van der Waals surface area contributed by atoms with E-state index in [4.69, 9.17) is 0 Å². The minimum Gasteiger partial charge on any atom is -0.367 e. The number of anilines is 2. The zero-order valence-electron chi connectivity index (χ0n) is 16.7. The number of hydrogen-bond donors (Lipinski definition) is 1. The lowest BCUT2D eigenvalue weighted by molar-refractivity contribution is 0.102. The van der Waals surface area contributed by atoms with Crippen LogP contribution in [0, 0.1) is 0 Å². The molecule has 31 heavy (non-hydrogen) atoms. The number of benzene rings is 3. The van der Waals surface area contributed by atoms with Gasteiger partial charge in [-0.15, -0.1) is 10.2 Å². The summed E-state index contributed by atoms with van der Waals surface area (Å²) in [4.78, 5) is 16.2. The molecule has 0 saturated heterocycles. The summed E-state index contributed by atoms with van der Waals surface area (Å²) in [6.07, 6.45) is 1.04. The number of aromatic nitrogens is 2. The zero-order valence-corrected chi connectivity index (χ0v) is 18.3. The minimum atomic E-state index is -0.124. The van der Waals surface area contributed by atoms with Crippen LogP contribution in [0.2, 0.25) is 0 Å². The van der Waals surface area contributed by atoms with Crippen LogP contribution in [0.15, 0.2) is 87.5 Å². The molecule has 1 aromatic heterocycles. The van der Waals surface area contributed by atoms with E-state index < -0.39 is 0 Å². The molecule has 2 heterocycles. The number of carbonyl (C=O) groups excluding carboxylic acids is 1. The average Bonchev–Trinajstić information content (AvgIpc) is 3.33. The fraction of sp³-hybridized carbons (Fsp3) is 0.125. The van der Waals surface area contributed by atoms with Crippen molar-refractivity contribution in [2.75, 3.05) is 16.8 Å². The Morgan fingerprint density at radius 2 is 1.74 bits per heavy atom. The lowest BCUT2D eigenvalue weighted by atomic mass is 9.99. The summed E-state index contributed by atoms with van der Waals surface area (Å²) >= 11 is 2.97. The number of amides is 1. The highest BCUT2D eigenvalue weighted by molar-refractivity contribution is 8.01. The topological polar surface area (TPSA) is 58.1 Å². The highest BCUT2D eigenvalue weighted by Crippen LogP contribution is 2.34. The summed E-state index contributed by atoms with van der Waals surface area (Å²) in [6, 6.07) is 24.2. The molecule has 1 aliphatic rings. The number of nitrogens with one attached hydrogen (secondary N) is 1. The van der Waals surface area contributed by atoms with Crippen molar-refractivity contribution in [2.24, 2.45) is 0 Å². The van der Waals surface area contributed by atoms with E-state index >= 15 is 0 Å². The third-order valence-electron chi connectivity index (χ3n) is 5.30. The van der Waals surface area contributed by atoms with Gasteiger partial charge >= 0.3 is 0 Å². The molecule has 0 bridgehead atoms. The van der Waals surface area contributed by atoms with E-state index in [1.165, 1.54) is 34.2 Å². The SMILES string of the molecule is O=C(Nc1ccccc1Sc1nncs1)c1ccc(N2CCc3ccccc3C2)cc1. The van der Waals surface area contributed by atoms with Gasteiger partial charge in [0.2, 0.25) is 0 Å². The highest BCUT2D eigenvalue weighted by Gasteiger charge is 2.17. The third-order valence-corrected chi connectivity index (χ3v) is 7.15. The van der Waals surface area contributed by atoms with Gasteiger partial charge in [0.05, 0.1) is 5.69 Å². The molecule has 0 spiro atoms. The van der Waals surface area contributed by atoms with Gasteiger partial charge in [-0.1, -0.05) is 59.5 Å². The Morgan fingerprint density at radius 3 is 2.55 bits per heavy atom. The molecular formula is C24H20N4OS2. The zero-order chi connectivity index (χ0) is 21.0. The third kappa shape index (κ3) is 4.47. The van der Waals surface area contributed by atoms with E-state index in [0.29, 0.717) is 5.56 Å². The van der Waals surface area contributed by atoms with Crippen molar-refractivity contribution in [1.29, 1.82) is 0 Å². The monoisotopic (exact) mass is 444 g/mol. The fourth-order valence-electron chi connectivity index (χ4n) is 3.69. The Labute approximate surface area is 189 Å². The van der Waals surface area contributed by atoms with E-state index in [1.807, 2.05) is 48.5 Å². The number of nitrogens with zero attached hydrogens (tertiary/aromatic N) is 3. The van der Waals surface area contributed by atoms with Crippen LogP contribution < -0.4 is 10.2 Å². The second-order valence-electron chi connectivity index (χ2n) is 7.24. The smallest absolute Gasteiger partial charge is 0.255 e. The first-order chi connectivity index (χ1) is 15.3. The van der Waals surface area contributed by atoms with Crippen LogP contribution in [0.4, 0.5) is 11.4 Å². The number of hydrogen-bond acceptors (Lipinski definition) is 6. The van der Waals surface area contributed by atoms with Gasteiger partial charge in [-0.3, -0.25) is 4.79 Å². The molecule has 154 valence electrons. The van der Waals surface area contributed by atoms with Crippen molar-refractivity contribution < 1.29 is 4.79 Å². The van der Waals surface area contributed by atoms with Crippen LogP contribution in [0.3, 0.4) is 0 Å². The van der Waals surface area contributed by atoms with Crippen LogP contribution in [0.5, 0.6) is 0 Å². The Hall–Kier alpha value is -3.16. The van der Waals surface area contributed by atoms with Gasteiger partial charge < -0.3 is 10.2 Å². The maximum Gasteiger partial charge on any atom is 0.255 e. The van der Waals surface area contributed by atoms with Crippen molar-refractivity contribution >= 4 is 40.4 Å². The molecule has 0 aliphatic carbocycles. The fourth-order valence-corrected chi connectivity index (χ4v) is 5.22. The predicted octanol–water partition coefficient (Wildman–Crippen LogP) is 5.50. The van der Waals surface area contributed by atoms with Crippen molar-refractivity contribution in [2.45, 2.75) is 22.2 Å². The predicted molar refractivity (Wildman–Crippen MR) is 126 cm³/mol. The molecule has 1 N–H and O–H groups in total. The van der Waals surface area contributed by atoms with Gasteiger partial charge in [-0.2, -0.15) is 0 Å². The van der Waals surface area contributed by atoms with Crippen LogP contribution in [-0.4, -0.2) is 22.6 Å². The van der Waals surface area contributed by atoms with Crippen molar-refractivity contribution in [3.63, 3.8) is 0 Å². The van der Waals surface area contributed by atoms with E-state index in [9.17, 15) is 4.79 Å². The summed E-state index contributed by atoms with van der Waals surface area (Å²) < 4.78 is 0.842. The van der Waals surface area contributed by atoms with Gasteiger partial charge in [-0.25, -0.2) is 0 Å². The maximum atomic E-state index is 12.9. The minimum absolute atomic E-state index is 0.124. The summed E-state index contributed by atoms with van der Waals surface area (Å²) in [5.41, 5.74) is 7.05. The molecule has 4 aromatic rings. The van der Waals surface area contributed by atoms with E-state index in [1.54, 1.807) is 5.51 Å². The highest BCUT2D eigenvalue weighted by atomic mass is 32.2. The summed E-state index contributed by atoms with van der Waals surface area (Å²) in [7, 11) is 0. The number of carbonyl (C=O) groups is 1. The molecule has 1 amide bonds. The number of para-hydroxylation sites is 1. The average molecular weight is 445 g/mol. The maximum absolute atomic E-state index is 12.9. The van der Waals surface area contributed by atoms with Crippen molar-refractivity contribution in [3.05, 3.63) is 95.0 Å². The van der Waals surface area contributed by atoms with Gasteiger partial charge in [0.25, 0.3) is 5.91 Å². The normalized spacial score (nSPS) is 13.0. The van der Waals surface area contributed by atoms with Crippen LogP contribution in [0.25, 0.3) is 0 Å². The second-order valence-corrected chi connectivity index (χ2v) is 9.37. The first-order valence-electron chi connectivity index (χ1n) is 10.0. The standard InChI is InChI=1S/C24H20N4OS2/c29-23(26-21-7-3-4-8-22(21)31-24-27-25-16-30-24)18-9-11-20(12-10-18)28-14-13-17-5-1-2-6-19(17)15-28/h1-12,16H,13-15H2,(H,26,29). The lowest BCUT2D eigenvalue weighted by Crippen LogP contribution is -2.30. The van der Waals surface area contributed by atoms with Gasteiger partial charge in [0, 0.05) is 29.2 Å². The van der Waals surface area contributed by atoms with E-state index in [2.05, 4.69) is 44.7 Å². The molecule has 0 fully saturated rings. The summed E-state index contributed by atoms with van der Waals surface area (Å²) in [5.74, 6) is -0.124. The second kappa shape index (κ2) is 8.91. The molecule has 3 aromatic carbocycles. The first kappa shape index (κ1) is 19.8.